The predicted octanol–water partition coefficient (Wildman–Crippen LogP) is 2.34. The van der Waals surface area contributed by atoms with Crippen LogP contribution in [0, 0.1) is 0 Å². The van der Waals surface area contributed by atoms with E-state index in [9.17, 15) is 0 Å². The number of halogens is 1. The largest absolute Gasteiger partial charge is 0.254 e. The Kier molecular flexibility index (Phi) is 1.32. The van der Waals surface area contributed by atoms with Crippen molar-refractivity contribution in [1.82, 2.24) is 9.36 Å². The highest BCUT2D eigenvalue weighted by Gasteiger charge is 1.99. The first-order valence-electron chi connectivity index (χ1n) is 2.73. The van der Waals surface area contributed by atoms with Crippen molar-refractivity contribution in [3.8, 4) is 0 Å². The van der Waals surface area contributed by atoms with Gasteiger partial charge in [-0.3, -0.25) is 4.98 Å². The van der Waals surface area contributed by atoms with Crippen LogP contribution in [-0.4, -0.2) is 9.36 Å². The third-order valence-corrected chi connectivity index (χ3v) is 2.45. The Labute approximate surface area is 66.6 Å². The molecule has 0 N–H and O–H groups in total. The van der Waals surface area contributed by atoms with E-state index in [1.807, 2.05) is 0 Å². The molecule has 0 radical (unpaired) electrons. The Bertz CT molecular complexity index is 357. The van der Waals surface area contributed by atoms with Gasteiger partial charge in [0.15, 0.2) is 0 Å². The molecule has 2 rings (SSSR count). The summed E-state index contributed by atoms with van der Waals surface area (Å²) >= 11 is 7.20. The maximum Gasteiger partial charge on any atom is 0.103 e. The highest BCUT2D eigenvalue weighted by molar-refractivity contribution is 7.14. The number of pyridine rings is 1. The van der Waals surface area contributed by atoms with E-state index in [1.54, 1.807) is 18.5 Å². The molecule has 0 fully saturated rings. The molecule has 0 aliphatic rings. The lowest BCUT2D eigenvalue weighted by molar-refractivity contribution is 1.41. The molecule has 0 unspecified atom stereocenters. The highest BCUT2D eigenvalue weighted by atomic mass is 35.5. The molecule has 0 aliphatic heterocycles. The normalized spacial score (nSPS) is 10.5. The number of aromatic nitrogens is 2. The van der Waals surface area contributed by atoms with Gasteiger partial charge in [-0.2, -0.15) is 4.37 Å². The minimum atomic E-state index is 0.729. The van der Waals surface area contributed by atoms with Gasteiger partial charge in [-0.25, -0.2) is 0 Å². The molecule has 0 bridgehead atoms. The van der Waals surface area contributed by atoms with Gasteiger partial charge in [0.1, 0.15) is 5.52 Å². The van der Waals surface area contributed by atoms with E-state index in [0.717, 1.165) is 15.2 Å². The van der Waals surface area contributed by atoms with E-state index in [1.165, 1.54) is 11.5 Å². The van der Waals surface area contributed by atoms with E-state index in [4.69, 9.17) is 11.6 Å². The fourth-order valence-corrected chi connectivity index (χ4v) is 1.62. The number of fused-ring (bicyclic) bond motifs is 1. The maximum atomic E-state index is 5.83. The van der Waals surface area contributed by atoms with Gasteiger partial charge in [-0.1, -0.05) is 11.6 Å². The molecule has 0 saturated carbocycles. The Morgan fingerprint density at radius 2 is 2.40 bits per heavy atom. The summed E-state index contributed by atoms with van der Waals surface area (Å²) in [6.07, 6.45) is 3.39. The Hall–Kier alpha value is -0.670. The van der Waals surface area contributed by atoms with Crippen LogP contribution in [0.25, 0.3) is 10.2 Å². The van der Waals surface area contributed by atoms with Crippen LogP contribution in [0.1, 0.15) is 0 Å². The molecule has 2 heterocycles. The fourth-order valence-electron chi connectivity index (χ4n) is 0.751. The smallest absolute Gasteiger partial charge is 0.103 e. The first-order valence-corrected chi connectivity index (χ1v) is 3.88. The van der Waals surface area contributed by atoms with Gasteiger partial charge in [0.05, 0.1) is 15.9 Å². The third-order valence-electron chi connectivity index (χ3n) is 1.20. The summed E-state index contributed by atoms with van der Waals surface area (Å²) in [6, 6.07) is 1.77. The topological polar surface area (TPSA) is 25.8 Å². The quantitative estimate of drug-likeness (QED) is 0.607. The molecule has 2 aromatic heterocycles. The maximum absolute atomic E-state index is 5.83. The van der Waals surface area contributed by atoms with Crippen molar-refractivity contribution in [1.29, 1.82) is 0 Å². The molecule has 0 aliphatic carbocycles. The summed E-state index contributed by atoms with van der Waals surface area (Å²) in [5, 5.41) is 0.729. The van der Waals surface area contributed by atoms with Crippen LogP contribution < -0.4 is 0 Å². The minimum Gasteiger partial charge on any atom is -0.254 e. The summed E-state index contributed by atoms with van der Waals surface area (Å²) in [4.78, 5) is 4.07. The first kappa shape index (κ1) is 6.07. The molecule has 0 spiro atoms. The standard InChI is InChI=1S/C6H3ClN2S/c7-4-1-2-8-5-3-9-10-6(4)5/h1-3H. The molecule has 0 aromatic carbocycles. The molecule has 10 heavy (non-hydrogen) atoms. The zero-order valence-corrected chi connectivity index (χ0v) is 6.49. The van der Waals surface area contributed by atoms with Crippen LogP contribution in [0.4, 0.5) is 0 Å². The lowest BCUT2D eigenvalue weighted by atomic mass is 10.4. The van der Waals surface area contributed by atoms with Gasteiger partial charge in [0.2, 0.25) is 0 Å². The van der Waals surface area contributed by atoms with E-state index in [-0.39, 0.29) is 0 Å². The van der Waals surface area contributed by atoms with Gasteiger partial charge in [-0.05, 0) is 17.6 Å². The van der Waals surface area contributed by atoms with E-state index in [2.05, 4.69) is 9.36 Å². The van der Waals surface area contributed by atoms with E-state index in [0.29, 0.717) is 0 Å². The summed E-state index contributed by atoms with van der Waals surface area (Å²) in [7, 11) is 0. The van der Waals surface area contributed by atoms with Crippen LogP contribution in [0.2, 0.25) is 5.02 Å². The third kappa shape index (κ3) is 0.786. The van der Waals surface area contributed by atoms with Crippen molar-refractivity contribution in [2.24, 2.45) is 0 Å². The monoisotopic (exact) mass is 170 g/mol. The Balaban J connectivity index is 2.95. The van der Waals surface area contributed by atoms with Crippen molar-refractivity contribution >= 4 is 33.4 Å². The number of rotatable bonds is 0. The fraction of sp³-hybridized carbons (Fsp3) is 0. The molecule has 2 nitrogen and oxygen atoms in total. The van der Waals surface area contributed by atoms with Crippen LogP contribution >= 0.6 is 23.1 Å². The van der Waals surface area contributed by atoms with Crippen molar-refractivity contribution in [3.63, 3.8) is 0 Å². The molecule has 4 heteroatoms. The molecule has 0 atom stereocenters. The molecule has 0 amide bonds. The van der Waals surface area contributed by atoms with Crippen LogP contribution in [0.15, 0.2) is 18.5 Å². The number of hydrogen-bond donors (Lipinski definition) is 0. The van der Waals surface area contributed by atoms with E-state index >= 15 is 0 Å². The van der Waals surface area contributed by atoms with Crippen molar-refractivity contribution in [2.75, 3.05) is 0 Å². The molecular weight excluding hydrogens is 168 g/mol. The van der Waals surface area contributed by atoms with Gasteiger partial charge in [0, 0.05) is 6.20 Å². The molecule has 2 aromatic rings. The van der Waals surface area contributed by atoms with Crippen LogP contribution in [0.5, 0.6) is 0 Å². The van der Waals surface area contributed by atoms with Crippen molar-refractivity contribution in [2.45, 2.75) is 0 Å². The minimum absolute atomic E-state index is 0.729. The zero-order valence-electron chi connectivity index (χ0n) is 4.91. The summed E-state index contributed by atoms with van der Waals surface area (Å²) in [5.74, 6) is 0. The van der Waals surface area contributed by atoms with Crippen molar-refractivity contribution < 1.29 is 0 Å². The molecule has 0 saturated heterocycles. The summed E-state index contributed by atoms with van der Waals surface area (Å²) < 4.78 is 4.92. The average Bonchev–Trinajstić information content (AvgIpc) is 2.36. The summed E-state index contributed by atoms with van der Waals surface area (Å²) in [6.45, 7) is 0. The SMILES string of the molecule is Clc1ccnc2cnsc12. The molecule has 50 valence electrons. The van der Waals surface area contributed by atoms with Gasteiger partial charge in [-0.15, -0.1) is 0 Å². The lowest BCUT2D eigenvalue weighted by Gasteiger charge is -1.87. The average molecular weight is 171 g/mol. The number of nitrogens with zero attached hydrogens (tertiary/aromatic N) is 2. The van der Waals surface area contributed by atoms with Crippen molar-refractivity contribution in [3.05, 3.63) is 23.5 Å². The second-order valence-electron chi connectivity index (χ2n) is 1.83. The van der Waals surface area contributed by atoms with Gasteiger partial charge >= 0.3 is 0 Å². The molecular formula is C6H3ClN2S. The predicted molar refractivity (Wildman–Crippen MR) is 42.4 cm³/mol. The van der Waals surface area contributed by atoms with E-state index < -0.39 is 0 Å². The van der Waals surface area contributed by atoms with Gasteiger partial charge in [0.25, 0.3) is 0 Å². The number of hydrogen-bond acceptors (Lipinski definition) is 3. The second-order valence-corrected chi connectivity index (χ2v) is 3.04. The zero-order chi connectivity index (χ0) is 6.97. The van der Waals surface area contributed by atoms with Crippen LogP contribution in [-0.2, 0) is 0 Å². The van der Waals surface area contributed by atoms with Gasteiger partial charge < -0.3 is 0 Å². The highest BCUT2D eigenvalue weighted by Crippen LogP contribution is 2.23. The first-order chi connectivity index (χ1) is 4.88. The Morgan fingerprint density at radius 3 is 3.20 bits per heavy atom. The lowest BCUT2D eigenvalue weighted by Crippen LogP contribution is -1.69. The second kappa shape index (κ2) is 2.18. The van der Waals surface area contributed by atoms with Crippen LogP contribution in [0.3, 0.4) is 0 Å². The summed E-state index contributed by atoms with van der Waals surface area (Å²) in [5.41, 5.74) is 0.873. The Morgan fingerprint density at radius 1 is 1.50 bits per heavy atom.